The summed E-state index contributed by atoms with van der Waals surface area (Å²) in [6.07, 6.45) is 1.03. The van der Waals surface area contributed by atoms with Crippen molar-refractivity contribution in [3.05, 3.63) is 0 Å². The van der Waals surface area contributed by atoms with Crippen LogP contribution < -0.4 is 5.73 Å². The average molecular weight is 257 g/mol. The van der Waals surface area contributed by atoms with Crippen molar-refractivity contribution in [3.63, 3.8) is 0 Å². The second kappa shape index (κ2) is 9.34. The average Bonchev–Trinajstić information content (AvgIpc) is 2.37. The number of amides is 1. The summed E-state index contributed by atoms with van der Waals surface area (Å²) in [7, 11) is 0. The molecule has 18 heavy (non-hydrogen) atoms. The molecule has 0 heterocycles. The molecule has 0 aromatic rings. The van der Waals surface area contributed by atoms with Crippen LogP contribution in [0.15, 0.2) is 0 Å². The van der Waals surface area contributed by atoms with E-state index in [0.29, 0.717) is 0 Å². The zero-order valence-electron chi connectivity index (χ0n) is 12.8. The van der Waals surface area contributed by atoms with E-state index in [2.05, 4.69) is 18.7 Å². The largest absolute Gasteiger partial charge is 0.343 e. The van der Waals surface area contributed by atoms with Gasteiger partial charge in [-0.3, -0.25) is 4.79 Å². The Hall–Kier alpha value is -0.610. The number of rotatable bonds is 9. The van der Waals surface area contributed by atoms with Crippen LogP contribution in [0.2, 0.25) is 0 Å². The van der Waals surface area contributed by atoms with Gasteiger partial charge in [0, 0.05) is 19.1 Å². The molecule has 2 atom stereocenters. The number of carbonyl (C=O) groups is 1. The van der Waals surface area contributed by atoms with Gasteiger partial charge in [-0.25, -0.2) is 0 Å². The molecule has 4 heteroatoms. The molecule has 0 rings (SSSR count). The minimum atomic E-state index is -0.0848. The highest BCUT2D eigenvalue weighted by Crippen LogP contribution is 2.07. The van der Waals surface area contributed by atoms with Crippen molar-refractivity contribution in [2.45, 2.75) is 47.1 Å². The standard InChI is InChI=1S/C14H31N3O/c1-6-16(7-2)10-9-11-17(8-3)14(18)12(4)13(5)15/h12-13H,6-11,15H2,1-5H3. The molecule has 0 aliphatic carbocycles. The maximum Gasteiger partial charge on any atom is 0.226 e. The lowest BCUT2D eigenvalue weighted by atomic mass is 10.0. The summed E-state index contributed by atoms with van der Waals surface area (Å²) in [5.74, 6) is 0.102. The van der Waals surface area contributed by atoms with Crippen LogP contribution in [0.25, 0.3) is 0 Å². The van der Waals surface area contributed by atoms with Gasteiger partial charge in [-0.05, 0) is 39.9 Å². The van der Waals surface area contributed by atoms with Crippen molar-refractivity contribution >= 4 is 5.91 Å². The first-order valence-electron chi connectivity index (χ1n) is 7.24. The van der Waals surface area contributed by atoms with Crippen molar-refractivity contribution in [2.24, 2.45) is 11.7 Å². The van der Waals surface area contributed by atoms with Gasteiger partial charge in [-0.15, -0.1) is 0 Å². The van der Waals surface area contributed by atoms with E-state index >= 15 is 0 Å². The Bertz CT molecular complexity index is 227. The smallest absolute Gasteiger partial charge is 0.226 e. The molecule has 108 valence electrons. The highest BCUT2D eigenvalue weighted by atomic mass is 16.2. The van der Waals surface area contributed by atoms with E-state index in [-0.39, 0.29) is 17.9 Å². The highest BCUT2D eigenvalue weighted by molar-refractivity contribution is 5.79. The molecule has 0 fully saturated rings. The number of nitrogens with zero attached hydrogens (tertiary/aromatic N) is 2. The summed E-state index contributed by atoms with van der Waals surface area (Å²) < 4.78 is 0. The van der Waals surface area contributed by atoms with Gasteiger partial charge in [0.2, 0.25) is 5.91 Å². The third-order valence-electron chi connectivity index (χ3n) is 3.67. The summed E-state index contributed by atoms with van der Waals surface area (Å²) in [6, 6.07) is -0.0747. The van der Waals surface area contributed by atoms with Crippen molar-refractivity contribution in [1.82, 2.24) is 9.80 Å². The van der Waals surface area contributed by atoms with Crippen LogP contribution in [0.3, 0.4) is 0 Å². The van der Waals surface area contributed by atoms with Gasteiger partial charge in [0.1, 0.15) is 0 Å². The Balaban J connectivity index is 4.15. The zero-order valence-corrected chi connectivity index (χ0v) is 12.8. The van der Waals surface area contributed by atoms with Gasteiger partial charge in [0.05, 0.1) is 5.92 Å². The molecule has 0 bridgehead atoms. The number of carbonyl (C=O) groups excluding carboxylic acids is 1. The predicted octanol–water partition coefficient (Wildman–Crippen LogP) is 1.55. The molecule has 1 amide bonds. The topological polar surface area (TPSA) is 49.6 Å². The zero-order chi connectivity index (χ0) is 14.1. The Labute approximate surface area is 113 Å². The summed E-state index contributed by atoms with van der Waals surface area (Å²) in [4.78, 5) is 16.5. The minimum Gasteiger partial charge on any atom is -0.343 e. The van der Waals surface area contributed by atoms with E-state index in [4.69, 9.17) is 5.73 Å². The molecular formula is C14H31N3O. The second-order valence-corrected chi connectivity index (χ2v) is 4.95. The molecule has 0 saturated heterocycles. The SMILES string of the molecule is CCN(CC)CCCN(CC)C(=O)C(C)C(C)N. The first-order valence-corrected chi connectivity index (χ1v) is 7.24. The molecule has 0 saturated carbocycles. The Kier molecular flexibility index (Phi) is 9.02. The molecular weight excluding hydrogens is 226 g/mol. The fraction of sp³-hybridized carbons (Fsp3) is 0.929. The van der Waals surface area contributed by atoms with Crippen LogP contribution in [0.4, 0.5) is 0 Å². The monoisotopic (exact) mass is 257 g/mol. The third kappa shape index (κ3) is 5.83. The summed E-state index contributed by atoms with van der Waals surface area (Å²) >= 11 is 0. The predicted molar refractivity (Wildman–Crippen MR) is 77.5 cm³/mol. The third-order valence-corrected chi connectivity index (χ3v) is 3.67. The first-order chi connectivity index (χ1) is 8.47. The van der Waals surface area contributed by atoms with Crippen LogP contribution >= 0.6 is 0 Å². The normalized spacial score (nSPS) is 14.6. The fourth-order valence-electron chi connectivity index (χ4n) is 1.96. The van der Waals surface area contributed by atoms with Crippen LogP contribution in [-0.4, -0.2) is 54.5 Å². The van der Waals surface area contributed by atoms with Gasteiger partial charge in [0.25, 0.3) is 0 Å². The van der Waals surface area contributed by atoms with Crippen LogP contribution in [0.5, 0.6) is 0 Å². The Morgan fingerprint density at radius 3 is 2.00 bits per heavy atom. The maximum absolute atomic E-state index is 12.2. The lowest BCUT2D eigenvalue weighted by Crippen LogP contribution is -2.42. The van der Waals surface area contributed by atoms with Crippen molar-refractivity contribution < 1.29 is 4.79 Å². The van der Waals surface area contributed by atoms with Gasteiger partial charge in [-0.1, -0.05) is 20.8 Å². The van der Waals surface area contributed by atoms with Gasteiger partial charge in [-0.2, -0.15) is 0 Å². The van der Waals surface area contributed by atoms with Gasteiger partial charge >= 0.3 is 0 Å². The van der Waals surface area contributed by atoms with E-state index in [1.807, 2.05) is 25.7 Å². The summed E-state index contributed by atoms with van der Waals surface area (Å²) in [5, 5.41) is 0. The summed E-state index contributed by atoms with van der Waals surface area (Å²) in [5.41, 5.74) is 5.79. The van der Waals surface area contributed by atoms with E-state index in [9.17, 15) is 4.79 Å². The number of hydrogen-bond acceptors (Lipinski definition) is 3. The van der Waals surface area contributed by atoms with E-state index in [0.717, 1.165) is 39.1 Å². The van der Waals surface area contributed by atoms with Crippen LogP contribution in [0.1, 0.15) is 41.0 Å². The van der Waals surface area contributed by atoms with Crippen molar-refractivity contribution in [1.29, 1.82) is 0 Å². The molecule has 0 aromatic heterocycles. The molecule has 2 unspecified atom stereocenters. The molecule has 2 N–H and O–H groups in total. The lowest BCUT2D eigenvalue weighted by Gasteiger charge is -2.27. The first kappa shape index (κ1) is 17.4. The van der Waals surface area contributed by atoms with E-state index in [1.165, 1.54) is 0 Å². The second-order valence-electron chi connectivity index (χ2n) is 4.95. The lowest BCUT2D eigenvalue weighted by molar-refractivity contribution is -0.135. The van der Waals surface area contributed by atoms with Crippen LogP contribution in [-0.2, 0) is 4.79 Å². The Morgan fingerprint density at radius 2 is 1.61 bits per heavy atom. The van der Waals surface area contributed by atoms with E-state index < -0.39 is 0 Å². The minimum absolute atomic E-state index is 0.0747. The van der Waals surface area contributed by atoms with Crippen molar-refractivity contribution in [3.8, 4) is 0 Å². The van der Waals surface area contributed by atoms with E-state index in [1.54, 1.807) is 0 Å². The van der Waals surface area contributed by atoms with Gasteiger partial charge < -0.3 is 15.5 Å². The highest BCUT2D eigenvalue weighted by Gasteiger charge is 2.21. The molecule has 4 nitrogen and oxygen atoms in total. The maximum atomic E-state index is 12.2. The van der Waals surface area contributed by atoms with Gasteiger partial charge in [0.15, 0.2) is 0 Å². The Morgan fingerprint density at radius 1 is 1.06 bits per heavy atom. The number of hydrogen-bond donors (Lipinski definition) is 1. The van der Waals surface area contributed by atoms with Crippen molar-refractivity contribution in [2.75, 3.05) is 32.7 Å². The molecule has 0 spiro atoms. The quantitative estimate of drug-likeness (QED) is 0.682. The molecule has 0 aliphatic rings. The fourth-order valence-corrected chi connectivity index (χ4v) is 1.96. The molecule has 0 aliphatic heterocycles. The summed E-state index contributed by atoms with van der Waals surface area (Å²) in [6.45, 7) is 15.0. The van der Waals surface area contributed by atoms with Crippen LogP contribution in [0, 0.1) is 5.92 Å². The number of nitrogens with two attached hydrogens (primary N) is 1. The molecule has 0 radical (unpaired) electrons. The molecule has 0 aromatic carbocycles.